The Labute approximate surface area is 172 Å². The first-order valence-electron chi connectivity index (χ1n) is 9.79. The molecule has 1 amide bonds. The van der Waals surface area contributed by atoms with Gasteiger partial charge in [0.05, 0.1) is 13.2 Å². The molecule has 0 bridgehead atoms. The summed E-state index contributed by atoms with van der Waals surface area (Å²) in [6.07, 6.45) is 0.810. The third-order valence-corrected chi connectivity index (χ3v) is 4.21. The Balaban J connectivity index is 1.87. The molecule has 0 aliphatic heterocycles. The van der Waals surface area contributed by atoms with Crippen LogP contribution in [0.5, 0.6) is 11.5 Å². The normalized spacial score (nSPS) is 11.1. The SMILES string of the molecule is CCOc1ccc(CCNC(=NC)NCc2cccc(C(N)=O)c2)cc1OCC. The Bertz CT molecular complexity index is 837. The van der Waals surface area contributed by atoms with Gasteiger partial charge >= 0.3 is 0 Å². The van der Waals surface area contributed by atoms with E-state index in [9.17, 15) is 4.79 Å². The second kappa shape index (κ2) is 11.6. The van der Waals surface area contributed by atoms with E-state index in [2.05, 4.69) is 15.6 Å². The summed E-state index contributed by atoms with van der Waals surface area (Å²) in [6, 6.07) is 13.2. The largest absolute Gasteiger partial charge is 0.490 e. The molecule has 0 saturated carbocycles. The number of amides is 1. The third-order valence-electron chi connectivity index (χ3n) is 4.21. The fraction of sp³-hybridized carbons (Fsp3) is 0.364. The average molecular weight is 399 g/mol. The Morgan fingerprint density at radius 1 is 1.00 bits per heavy atom. The standard InChI is InChI=1S/C22H30N4O3/c1-4-28-19-10-9-16(14-20(19)29-5-2)11-12-25-22(24-3)26-15-17-7-6-8-18(13-17)21(23)27/h6-10,13-14H,4-5,11-12,15H2,1-3H3,(H2,23,27)(H2,24,25,26). The molecule has 0 radical (unpaired) electrons. The topological polar surface area (TPSA) is 98.0 Å². The van der Waals surface area contributed by atoms with Crippen LogP contribution in [0, 0.1) is 0 Å². The van der Waals surface area contributed by atoms with Crippen LogP contribution < -0.4 is 25.8 Å². The number of primary amides is 1. The molecule has 0 spiro atoms. The molecule has 29 heavy (non-hydrogen) atoms. The van der Waals surface area contributed by atoms with Crippen molar-refractivity contribution in [1.29, 1.82) is 0 Å². The Morgan fingerprint density at radius 2 is 1.76 bits per heavy atom. The van der Waals surface area contributed by atoms with Crippen LogP contribution in [0.25, 0.3) is 0 Å². The van der Waals surface area contributed by atoms with Crippen LogP contribution in [0.1, 0.15) is 35.3 Å². The van der Waals surface area contributed by atoms with Gasteiger partial charge in [0.2, 0.25) is 5.91 Å². The summed E-state index contributed by atoms with van der Waals surface area (Å²) in [5.41, 5.74) is 7.93. The highest BCUT2D eigenvalue weighted by Crippen LogP contribution is 2.28. The van der Waals surface area contributed by atoms with Crippen molar-refractivity contribution >= 4 is 11.9 Å². The minimum absolute atomic E-state index is 0.434. The number of nitrogens with zero attached hydrogens (tertiary/aromatic N) is 1. The van der Waals surface area contributed by atoms with Crippen molar-refractivity contribution in [2.75, 3.05) is 26.8 Å². The molecule has 0 saturated heterocycles. The number of guanidine groups is 1. The number of hydrogen-bond donors (Lipinski definition) is 3. The first-order valence-corrected chi connectivity index (χ1v) is 9.79. The van der Waals surface area contributed by atoms with Gasteiger partial charge in [-0.25, -0.2) is 0 Å². The van der Waals surface area contributed by atoms with E-state index in [0.29, 0.717) is 37.8 Å². The lowest BCUT2D eigenvalue weighted by Gasteiger charge is -2.14. The van der Waals surface area contributed by atoms with E-state index in [1.807, 2.05) is 44.2 Å². The lowest BCUT2D eigenvalue weighted by molar-refractivity contribution is 0.1000. The molecule has 0 aliphatic rings. The lowest BCUT2D eigenvalue weighted by atomic mass is 10.1. The predicted octanol–water partition coefficient (Wildman–Crippen LogP) is 2.49. The van der Waals surface area contributed by atoms with E-state index >= 15 is 0 Å². The lowest BCUT2D eigenvalue weighted by Crippen LogP contribution is -2.37. The highest BCUT2D eigenvalue weighted by atomic mass is 16.5. The van der Waals surface area contributed by atoms with Gasteiger partial charge < -0.3 is 25.8 Å². The zero-order valence-electron chi connectivity index (χ0n) is 17.3. The number of hydrogen-bond acceptors (Lipinski definition) is 4. The highest BCUT2D eigenvalue weighted by Gasteiger charge is 2.07. The fourth-order valence-electron chi connectivity index (χ4n) is 2.82. The molecule has 2 aromatic rings. The molecule has 0 heterocycles. The maximum Gasteiger partial charge on any atom is 0.248 e. The molecule has 156 valence electrons. The van der Waals surface area contributed by atoms with Crippen molar-refractivity contribution in [2.24, 2.45) is 10.7 Å². The summed E-state index contributed by atoms with van der Waals surface area (Å²) in [6.45, 7) is 6.36. The molecule has 2 rings (SSSR count). The molecular formula is C22H30N4O3. The van der Waals surface area contributed by atoms with E-state index < -0.39 is 5.91 Å². The van der Waals surface area contributed by atoms with Crippen molar-refractivity contribution in [1.82, 2.24) is 10.6 Å². The van der Waals surface area contributed by atoms with Crippen molar-refractivity contribution in [3.05, 3.63) is 59.2 Å². The number of carbonyl (C=O) groups is 1. The molecule has 0 aromatic heterocycles. The van der Waals surface area contributed by atoms with Gasteiger partial charge in [-0.15, -0.1) is 0 Å². The number of benzene rings is 2. The van der Waals surface area contributed by atoms with Crippen LogP contribution in [0.4, 0.5) is 0 Å². The smallest absolute Gasteiger partial charge is 0.248 e. The predicted molar refractivity (Wildman–Crippen MR) is 116 cm³/mol. The zero-order valence-corrected chi connectivity index (χ0v) is 17.3. The van der Waals surface area contributed by atoms with Crippen molar-refractivity contribution < 1.29 is 14.3 Å². The van der Waals surface area contributed by atoms with E-state index in [0.717, 1.165) is 29.0 Å². The van der Waals surface area contributed by atoms with Crippen LogP contribution in [-0.2, 0) is 13.0 Å². The van der Waals surface area contributed by atoms with Crippen LogP contribution in [0.2, 0.25) is 0 Å². The summed E-state index contributed by atoms with van der Waals surface area (Å²) >= 11 is 0. The average Bonchev–Trinajstić information content (AvgIpc) is 2.72. The number of carbonyl (C=O) groups excluding carboxylic acids is 1. The summed E-state index contributed by atoms with van der Waals surface area (Å²) in [4.78, 5) is 15.5. The van der Waals surface area contributed by atoms with Crippen molar-refractivity contribution in [3.8, 4) is 11.5 Å². The fourth-order valence-corrected chi connectivity index (χ4v) is 2.82. The first kappa shape index (κ1) is 22.1. The van der Waals surface area contributed by atoms with Gasteiger partial charge in [0, 0.05) is 25.7 Å². The molecule has 0 aliphatic carbocycles. The summed E-state index contributed by atoms with van der Waals surface area (Å²) in [7, 11) is 1.72. The second-order valence-electron chi connectivity index (χ2n) is 6.31. The Kier molecular flexibility index (Phi) is 8.82. The molecule has 7 nitrogen and oxygen atoms in total. The number of aliphatic imine (C=N–C) groups is 1. The minimum Gasteiger partial charge on any atom is -0.490 e. The Morgan fingerprint density at radius 3 is 2.45 bits per heavy atom. The maximum atomic E-state index is 11.3. The molecular weight excluding hydrogens is 368 g/mol. The number of rotatable bonds is 10. The van der Waals surface area contributed by atoms with Crippen LogP contribution >= 0.6 is 0 Å². The summed E-state index contributed by atoms with van der Waals surface area (Å²) < 4.78 is 11.3. The number of ether oxygens (including phenoxy) is 2. The second-order valence-corrected chi connectivity index (χ2v) is 6.31. The maximum absolute atomic E-state index is 11.3. The van der Waals surface area contributed by atoms with Gasteiger partial charge in [0.25, 0.3) is 0 Å². The van der Waals surface area contributed by atoms with E-state index in [1.54, 1.807) is 19.2 Å². The number of nitrogens with two attached hydrogens (primary N) is 1. The van der Waals surface area contributed by atoms with Gasteiger partial charge in [-0.2, -0.15) is 0 Å². The van der Waals surface area contributed by atoms with E-state index in [1.165, 1.54) is 0 Å². The third kappa shape index (κ3) is 7.03. The molecule has 0 fully saturated rings. The highest BCUT2D eigenvalue weighted by molar-refractivity contribution is 5.92. The molecule has 0 unspecified atom stereocenters. The van der Waals surface area contributed by atoms with Crippen LogP contribution in [0.15, 0.2) is 47.5 Å². The van der Waals surface area contributed by atoms with E-state index in [4.69, 9.17) is 15.2 Å². The Hall–Kier alpha value is -3.22. The van der Waals surface area contributed by atoms with Crippen molar-refractivity contribution in [2.45, 2.75) is 26.8 Å². The van der Waals surface area contributed by atoms with Gasteiger partial charge in [-0.05, 0) is 55.7 Å². The van der Waals surface area contributed by atoms with Crippen molar-refractivity contribution in [3.63, 3.8) is 0 Å². The number of nitrogens with one attached hydrogen (secondary N) is 2. The summed E-state index contributed by atoms with van der Waals surface area (Å²) in [5.74, 6) is 1.78. The van der Waals surface area contributed by atoms with E-state index in [-0.39, 0.29) is 0 Å². The first-order chi connectivity index (χ1) is 14.1. The van der Waals surface area contributed by atoms with Crippen LogP contribution in [0.3, 0.4) is 0 Å². The quantitative estimate of drug-likeness (QED) is 0.422. The minimum atomic E-state index is -0.434. The monoisotopic (exact) mass is 398 g/mol. The van der Waals surface area contributed by atoms with Gasteiger partial charge in [-0.3, -0.25) is 9.79 Å². The molecule has 7 heteroatoms. The molecule has 4 N–H and O–H groups in total. The van der Waals surface area contributed by atoms with Gasteiger partial charge in [0.15, 0.2) is 17.5 Å². The molecule has 0 atom stereocenters. The van der Waals surface area contributed by atoms with Crippen LogP contribution in [-0.4, -0.2) is 38.7 Å². The zero-order chi connectivity index (χ0) is 21.1. The molecule has 2 aromatic carbocycles. The van der Waals surface area contributed by atoms with Gasteiger partial charge in [0.1, 0.15) is 0 Å². The summed E-state index contributed by atoms with van der Waals surface area (Å²) in [5, 5.41) is 6.53. The van der Waals surface area contributed by atoms with Gasteiger partial charge in [-0.1, -0.05) is 18.2 Å².